The highest BCUT2D eigenvalue weighted by molar-refractivity contribution is 7.90. The van der Waals surface area contributed by atoms with Crippen molar-refractivity contribution >= 4 is 9.84 Å². The van der Waals surface area contributed by atoms with E-state index >= 15 is 0 Å². The zero-order chi connectivity index (χ0) is 13.9. The number of piperidine rings is 1. The summed E-state index contributed by atoms with van der Waals surface area (Å²) in [4.78, 5) is 0.380. The Hall–Kier alpha value is -0.910. The molecule has 1 aliphatic rings. The van der Waals surface area contributed by atoms with Crippen molar-refractivity contribution in [2.45, 2.75) is 29.8 Å². The molecule has 0 radical (unpaired) electrons. The quantitative estimate of drug-likeness (QED) is 0.907. The Kier molecular flexibility index (Phi) is 4.28. The molecule has 1 N–H and O–H groups in total. The van der Waals surface area contributed by atoms with E-state index in [1.165, 1.54) is 6.26 Å². The van der Waals surface area contributed by atoms with Crippen molar-refractivity contribution in [3.63, 3.8) is 0 Å². The summed E-state index contributed by atoms with van der Waals surface area (Å²) in [7, 11) is -1.40. The van der Waals surface area contributed by atoms with Crippen LogP contribution >= 0.6 is 0 Å². The zero-order valence-electron chi connectivity index (χ0n) is 11.5. The second kappa shape index (κ2) is 5.61. The molecule has 2 rings (SSSR count). The van der Waals surface area contributed by atoms with Crippen LogP contribution in [0.1, 0.15) is 18.4 Å². The normalized spacial score (nSPS) is 19.3. The first kappa shape index (κ1) is 14.5. The molecule has 0 amide bonds. The fourth-order valence-electron chi connectivity index (χ4n) is 2.59. The molecule has 0 unspecified atom stereocenters. The Morgan fingerprint density at radius 3 is 2.58 bits per heavy atom. The minimum absolute atomic E-state index is 0.165. The minimum Gasteiger partial charge on any atom is -0.378 e. The highest BCUT2D eigenvalue weighted by atomic mass is 32.2. The van der Waals surface area contributed by atoms with Crippen LogP contribution in [0.4, 0.5) is 0 Å². The van der Waals surface area contributed by atoms with Crippen LogP contribution in [0.15, 0.2) is 29.2 Å². The highest BCUT2D eigenvalue weighted by Crippen LogP contribution is 2.27. The van der Waals surface area contributed by atoms with E-state index in [9.17, 15) is 8.42 Å². The molecule has 0 saturated carbocycles. The van der Waals surface area contributed by atoms with Gasteiger partial charge in [0.25, 0.3) is 0 Å². The Balaban J connectivity index is 2.22. The van der Waals surface area contributed by atoms with Crippen molar-refractivity contribution in [2.24, 2.45) is 0 Å². The van der Waals surface area contributed by atoms with E-state index in [4.69, 9.17) is 4.74 Å². The molecule has 1 aliphatic heterocycles. The molecule has 1 heterocycles. The van der Waals surface area contributed by atoms with E-state index in [0.29, 0.717) is 4.90 Å². The van der Waals surface area contributed by atoms with Crippen molar-refractivity contribution in [3.05, 3.63) is 29.8 Å². The van der Waals surface area contributed by atoms with Crippen LogP contribution in [-0.4, -0.2) is 40.5 Å². The second-order valence-corrected chi connectivity index (χ2v) is 7.25. The summed E-state index contributed by atoms with van der Waals surface area (Å²) in [6.45, 7) is 1.89. The van der Waals surface area contributed by atoms with Gasteiger partial charge in [-0.3, -0.25) is 0 Å². The minimum atomic E-state index is -3.15. The van der Waals surface area contributed by atoms with E-state index in [-0.39, 0.29) is 5.60 Å². The van der Waals surface area contributed by atoms with E-state index < -0.39 is 9.84 Å². The van der Waals surface area contributed by atoms with Gasteiger partial charge in [0, 0.05) is 19.8 Å². The lowest BCUT2D eigenvalue weighted by Crippen LogP contribution is -2.45. The topological polar surface area (TPSA) is 55.4 Å². The zero-order valence-corrected chi connectivity index (χ0v) is 12.3. The number of hydrogen-bond acceptors (Lipinski definition) is 4. The van der Waals surface area contributed by atoms with E-state index in [1.54, 1.807) is 25.3 Å². The van der Waals surface area contributed by atoms with Gasteiger partial charge in [-0.2, -0.15) is 0 Å². The standard InChI is InChI=1S/C14H21NO3S/c1-18-14(6-8-15-9-7-14)11-12-4-3-5-13(10-12)19(2,16)17/h3-5,10,15H,6-9,11H2,1-2H3. The van der Waals surface area contributed by atoms with Gasteiger partial charge in [-0.15, -0.1) is 0 Å². The van der Waals surface area contributed by atoms with Crippen molar-refractivity contribution < 1.29 is 13.2 Å². The molecule has 5 heteroatoms. The van der Waals surface area contributed by atoms with Crippen molar-refractivity contribution in [1.82, 2.24) is 5.32 Å². The van der Waals surface area contributed by atoms with Gasteiger partial charge in [0.15, 0.2) is 9.84 Å². The van der Waals surface area contributed by atoms with Gasteiger partial charge in [0.2, 0.25) is 0 Å². The number of nitrogens with one attached hydrogen (secondary N) is 1. The molecule has 0 aliphatic carbocycles. The van der Waals surface area contributed by atoms with Crippen LogP contribution in [0.25, 0.3) is 0 Å². The van der Waals surface area contributed by atoms with Crippen LogP contribution in [0.3, 0.4) is 0 Å². The number of benzene rings is 1. The first-order valence-electron chi connectivity index (χ1n) is 6.50. The average molecular weight is 283 g/mol. The van der Waals surface area contributed by atoms with Crippen LogP contribution in [0.2, 0.25) is 0 Å². The molecular formula is C14H21NO3S. The lowest BCUT2D eigenvalue weighted by atomic mass is 9.86. The molecule has 4 nitrogen and oxygen atoms in total. The van der Waals surface area contributed by atoms with Gasteiger partial charge in [0.1, 0.15) is 0 Å². The second-order valence-electron chi connectivity index (χ2n) is 5.23. The summed E-state index contributed by atoms with van der Waals surface area (Å²) < 4.78 is 28.9. The number of hydrogen-bond donors (Lipinski definition) is 1. The SMILES string of the molecule is COC1(Cc2cccc(S(C)(=O)=O)c2)CCNCC1. The van der Waals surface area contributed by atoms with E-state index in [1.807, 2.05) is 6.07 Å². The van der Waals surface area contributed by atoms with Gasteiger partial charge in [-0.1, -0.05) is 12.1 Å². The summed E-state index contributed by atoms with van der Waals surface area (Å²) in [5.74, 6) is 0. The molecule has 1 aromatic carbocycles. The summed E-state index contributed by atoms with van der Waals surface area (Å²) in [5.41, 5.74) is 0.855. The molecule has 19 heavy (non-hydrogen) atoms. The lowest BCUT2D eigenvalue weighted by Gasteiger charge is -2.36. The fraction of sp³-hybridized carbons (Fsp3) is 0.571. The molecule has 106 valence electrons. The van der Waals surface area contributed by atoms with Gasteiger partial charge in [0.05, 0.1) is 10.5 Å². The molecule has 1 saturated heterocycles. The highest BCUT2D eigenvalue weighted by Gasteiger charge is 2.32. The Bertz CT molecular complexity index is 533. The smallest absolute Gasteiger partial charge is 0.175 e. The summed E-state index contributed by atoms with van der Waals surface area (Å²) in [5, 5.41) is 3.32. The van der Waals surface area contributed by atoms with Crippen molar-refractivity contribution in [1.29, 1.82) is 0 Å². The molecular weight excluding hydrogens is 262 g/mol. The Morgan fingerprint density at radius 2 is 2.00 bits per heavy atom. The molecule has 0 aromatic heterocycles. The Labute approximate surface area is 115 Å². The van der Waals surface area contributed by atoms with Gasteiger partial charge in [-0.05, 0) is 43.6 Å². The van der Waals surface area contributed by atoms with Gasteiger partial charge in [-0.25, -0.2) is 8.42 Å². The largest absolute Gasteiger partial charge is 0.378 e. The predicted molar refractivity (Wildman–Crippen MR) is 75.1 cm³/mol. The van der Waals surface area contributed by atoms with Crippen molar-refractivity contribution in [2.75, 3.05) is 26.5 Å². The van der Waals surface area contributed by atoms with Crippen LogP contribution in [0.5, 0.6) is 0 Å². The molecule has 0 spiro atoms. The summed E-state index contributed by atoms with van der Waals surface area (Å²) in [6, 6.07) is 7.17. The van der Waals surface area contributed by atoms with Gasteiger partial charge >= 0.3 is 0 Å². The van der Waals surface area contributed by atoms with E-state index in [2.05, 4.69) is 5.32 Å². The number of sulfone groups is 1. The average Bonchev–Trinajstić information content (AvgIpc) is 2.39. The van der Waals surface area contributed by atoms with Gasteiger partial charge < -0.3 is 10.1 Å². The first-order chi connectivity index (χ1) is 8.95. The third kappa shape index (κ3) is 3.55. The third-order valence-electron chi connectivity index (χ3n) is 3.80. The Morgan fingerprint density at radius 1 is 1.32 bits per heavy atom. The maximum Gasteiger partial charge on any atom is 0.175 e. The summed E-state index contributed by atoms with van der Waals surface area (Å²) in [6.07, 6.45) is 3.90. The molecule has 1 fully saturated rings. The van der Waals surface area contributed by atoms with E-state index in [0.717, 1.165) is 37.9 Å². The predicted octanol–water partition coefficient (Wildman–Crippen LogP) is 1.40. The molecule has 0 bridgehead atoms. The third-order valence-corrected chi connectivity index (χ3v) is 4.91. The van der Waals surface area contributed by atoms with Crippen molar-refractivity contribution in [3.8, 4) is 0 Å². The molecule has 1 aromatic rings. The fourth-order valence-corrected chi connectivity index (χ4v) is 3.28. The summed E-state index contributed by atoms with van der Waals surface area (Å²) >= 11 is 0. The maximum absolute atomic E-state index is 11.6. The number of rotatable bonds is 4. The monoisotopic (exact) mass is 283 g/mol. The maximum atomic E-state index is 11.6. The first-order valence-corrected chi connectivity index (χ1v) is 8.39. The molecule has 0 atom stereocenters. The van der Waals surface area contributed by atoms with Crippen LogP contribution in [-0.2, 0) is 21.0 Å². The number of methoxy groups -OCH3 is 1. The lowest BCUT2D eigenvalue weighted by molar-refractivity contribution is -0.0334. The van der Waals surface area contributed by atoms with Crippen LogP contribution < -0.4 is 5.32 Å². The van der Waals surface area contributed by atoms with Crippen LogP contribution in [0, 0.1) is 0 Å². The number of ether oxygens (including phenoxy) is 1.